The van der Waals surface area contributed by atoms with Gasteiger partial charge in [0.25, 0.3) is 0 Å². The van der Waals surface area contributed by atoms with Crippen LogP contribution in [-0.4, -0.2) is 26.3 Å². The molecule has 108 valence electrons. The van der Waals surface area contributed by atoms with Gasteiger partial charge in [0.15, 0.2) is 9.84 Å². The van der Waals surface area contributed by atoms with Gasteiger partial charge < -0.3 is 11.1 Å². The van der Waals surface area contributed by atoms with Crippen LogP contribution < -0.4 is 11.1 Å². The van der Waals surface area contributed by atoms with E-state index in [1.165, 1.54) is 0 Å². The maximum Gasteiger partial charge on any atom is 0.180 e. The average Bonchev–Trinajstić information content (AvgIpc) is 2.28. The largest absolute Gasteiger partial charge is 0.381 e. The molecule has 0 aliphatic heterocycles. The minimum atomic E-state index is -3.21. The Morgan fingerprint density at radius 2 is 1.89 bits per heavy atom. The van der Waals surface area contributed by atoms with E-state index in [4.69, 9.17) is 5.73 Å². The average molecular weight is 284 g/mol. The highest BCUT2D eigenvalue weighted by atomic mass is 32.2. The zero-order valence-electron chi connectivity index (χ0n) is 11.9. The monoisotopic (exact) mass is 284 g/mol. The summed E-state index contributed by atoms with van der Waals surface area (Å²) in [6.45, 7) is 5.82. The van der Waals surface area contributed by atoms with E-state index in [1.54, 1.807) is 18.2 Å². The Bertz CT molecular complexity index is 498. The molecule has 5 heteroatoms. The molecule has 0 amide bonds. The molecule has 0 aliphatic carbocycles. The molecule has 0 aromatic heterocycles. The van der Waals surface area contributed by atoms with Crippen molar-refractivity contribution in [3.05, 3.63) is 24.3 Å². The summed E-state index contributed by atoms with van der Waals surface area (Å²) in [6.07, 6.45) is 1.41. The van der Waals surface area contributed by atoms with Crippen LogP contribution in [0.4, 0.5) is 5.69 Å². The van der Waals surface area contributed by atoms with Gasteiger partial charge in [-0.1, -0.05) is 19.1 Å². The van der Waals surface area contributed by atoms with Crippen LogP contribution in [0.3, 0.4) is 0 Å². The number of nitrogens with two attached hydrogens (primary N) is 1. The lowest BCUT2D eigenvalue weighted by molar-refractivity contribution is 0.592. The number of hydrogen-bond donors (Lipinski definition) is 2. The Morgan fingerprint density at radius 3 is 2.47 bits per heavy atom. The number of hydrogen-bond acceptors (Lipinski definition) is 4. The Balaban J connectivity index is 2.97. The van der Waals surface area contributed by atoms with E-state index < -0.39 is 9.84 Å². The summed E-state index contributed by atoms with van der Waals surface area (Å²) in [5.74, 6) is 0.174. The van der Waals surface area contributed by atoms with Crippen LogP contribution in [0, 0.1) is 0 Å². The van der Waals surface area contributed by atoms with Gasteiger partial charge in [0.05, 0.1) is 16.3 Å². The molecule has 19 heavy (non-hydrogen) atoms. The fraction of sp³-hybridized carbons (Fsp3) is 0.571. The first-order valence-electron chi connectivity index (χ1n) is 6.70. The third kappa shape index (κ3) is 4.84. The van der Waals surface area contributed by atoms with Crippen molar-refractivity contribution >= 4 is 15.5 Å². The smallest absolute Gasteiger partial charge is 0.180 e. The number of nitrogens with one attached hydrogen (secondary N) is 1. The van der Waals surface area contributed by atoms with E-state index >= 15 is 0 Å². The molecule has 1 aromatic carbocycles. The fourth-order valence-electron chi connectivity index (χ4n) is 2.12. The van der Waals surface area contributed by atoms with Crippen molar-refractivity contribution in [1.82, 2.24) is 0 Å². The molecule has 0 saturated heterocycles. The van der Waals surface area contributed by atoms with Gasteiger partial charge in [0, 0.05) is 12.1 Å². The molecule has 0 heterocycles. The van der Waals surface area contributed by atoms with E-state index in [2.05, 4.69) is 5.32 Å². The van der Waals surface area contributed by atoms with Crippen LogP contribution in [0.25, 0.3) is 0 Å². The molecule has 0 fully saturated rings. The van der Waals surface area contributed by atoms with Gasteiger partial charge in [0.1, 0.15) is 0 Å². The van der Waals surface area contributed by atoms with Crippen molar-refractivity contribution in [1.29, 1.82) is 0 Å². The lowest BCUT2D eigenvalue weighted by Crippen LogP contribution is -2.26. The van der Waals surface area contributed by atoms with Crippen LogP contribution in [0.15, 0.2) is 29.2 Å². The summed E-state index contributed by atoms with van der Waals surface area (Å²) in [6, 6.07) is 7.28. The quantitative estimate of drug-likeness (QED) is 0.806. The highest BCUT2D eigenvalue weighted by molar-refractivity contribution is 7.91. The van der Waals surface area contributed by atoms with Crippen molar-refractivity contribution < 1.29 is 8.42 Å². The van der Waals surface area contributed by atoms with Gasteiger partial charge in [-0.3, -0.25) is 0 Å². The summed E-state index contributed by atoms with van der Waals surface area (Å²) in [5, 5.41) is 3.25. The SMILES string of the molecule is CCCS(=O)(=O)c1ccccc1NC(C)CC(C)N. The fourth-order valence-corrected chi connectivity index (χ4v) is 3.62. The summed E-state index contributed by atoms with van der Waals surface area (Å²) < 4.78 is 24.4. The molecular formula is C14H24N2O2S. The maximum absolute atomic E-state index is 12.2. The van der Waals surface area contributed by atoms with E-state index in [0.29, 0.717) is 17.0 Å². The Hall–Kier alpha value is -1.07. The normalized spacial score (nSPS) is 14.9. The summed E-state index contributed by atoms with van der Waals surface area (Å²) in [5.41, 5.74) is 6.43. The second-order valence-electron chi connectivity index (χ2n) is 5.07. The van der Waals surface area contributed by atoms with E-state index in [9.17, 15) is 8.42 Å². The standard InChI is InChI=1S/C14H24N2O2S/c1-4-9-19(17,18)14-8-6-5-7-13(14)16-12(3)10-11(2)15/h5-8,11-12,16H,4,9-10,15H2,1-3H3. The maximum atomic E-state index is 12.2. The van der Waals surface area contributed by atoms with Gasteiger partial charge in [-0.2, -0.15) is 0 Å². The second-order valence-corrected chi connectivity index (χ2v) is 7.15. The molecule has 2 atom stereocenters. The van der Waals surface area contributed by atoms with Crippen molar-refractivity contribution in [2.75, 3.05) is 11.1 Å². The third-order valence-electron chi connectivity index (χ3n) is 2.82. The minimum absolute atomic E-state index is 0.0851. The van der Waals surface area contributed by atoms with Crippen LogP contribution >= 0.6 is 0 Å². The van der Waals surface area contributed by atoms with Crippen LogP contribution in [0.5, 0.6) is 0 Å². The van der Waals surface area contributed by atoms with Gasteiger partial charge in [-0.05, 0) is 38.8 Å². The van der Waals surface area contributed by atoms with Crippen molar-refractivity contribution in [2.45, 2.75) is 50.6 Å². The number of anilines is 1. The zero-order chi connectivity index (χ0) is 14.5. The van der Waals surface area contributed by atoms with Crippen LogP contribution in [0.1, 0.15) is 33.6 Å². The highest BCUT2D eigenvalue weighted by Gasteiger charge is 2.18. The summed E-state index contributed by atoms with van der Waals surface area (Å²) >= 11 is 0. The lowest BCUT2D eigenvalue weighted by atomic mass is 10.1. The third-order valence-corrected chi connectivity index (χ3v) is 4.79. The molecule has 0 radical (unpaired) electrons. The predicted octanol–water partition coefficient (Wildman–Crippen LogP) is 2.41. The second kappa shape index (κ2) is 6.91. The number of para-hydroxylation sites is 1. The molecule has 2 unspecified atom stereocenters. The number of sulfone groups is 1. The van der Waals surface area contributed by atoms with Gasteiger partial charge in [0.2, 0.25) is 0 Å². The van der Waals surface area contributed by atoms with Crippen molar-refractivity contribution in [3.8, 4) is 0 Å². The van der Waals surface area contributed by atoms with Crippen molar-refractivity contribution in [2.24, 2.45) is 5.73 Å². The Morgan fingerprint density at radius 1 is 1.26 bits per heavy atom. The Labute approximate surface area is 116 Å². The topological polar surface area (TPSA) is 72.2 Å². The number of benzene rings is 1. The predicted molar refractivity (Wildman–Crippen MR) is 80.1 cm³/mol. The highest BCUT2D eigenvalue weighted by Crippen LogP contribution is 2.23. The molecule has 3 N–H and O–H groups in total. The molecule has 0 saturated carbocycles. The molecule has 0 spiro atoms. The molecular weight excluding hydrogens is 260 g/mol. The first-order valence-corrected chi connectivity index (χ1v) is 8.36. The van der Waals surface area contributed by atoms with Gasteiger partial charge in [-0.25, -0.2) is 8.42 Å². The minimum Gasteiger partial charge on any atom is -0.381 e. The van der Waals surface area contributed by atoms with Gasteiger partial charge in [-0.15, -0.1) is 0 Å². The first-order chi connectivity index (χ1) is 8.86. The van der Waals surface area contributed by atoms with Crippen LogP contribution in [-0.2, 0) is 9.84 Å². The van der Waals surface area contributed by atoms with Crippen molar-refractivity contribution in [3.63, 3.8) is 0 Å². The van der Waals surface area contributed by atoms with E-state index in [1.807, 2.05) is 26.8 Å². The molecule has 1 rings (SSSR count). The molecule has 4 nitrogen and oxygen atoms in total. The summed E-state index contributed by atoms with van der Waals surface area (Å²) in [7, 11) is -3.21. The van der Waals surface area contributed by atoms with Gasteiger partial charge >= 0.3 is 0 Å². The zero-order valence-corrected chi connectivity index (χ0v) is 12.7. The Kier molecular flexibility index (Phi) is 5.82. The molecule has 0 bridgehead atoms. The summed E-state index contributed by atoms with van der Waals surface area (Å²) in [4.78, 5) is 0.383. The van der Waals surface area contributed by atoms with E-state index in [-0.39, 0.29) is 17.8 Å². The first kappa shape index (κ1) is 16.0. The van der Waals surface area contributed by atoms with Crippen LogP contribution in [0.2, 0.25) is 0 Å². The molecule has 1 aromatic rings. The lowest BCUT2D eigenvalue weighted by Gasteiger charge is -2.19. The number of rotatable bonds is 7. The van der Waals surface area contributed by atoms with E-state index in [0.717, 1.165) is 6.42 Å². The molecule has 0 aliphatic rings.